The molecule has 11 heteroatoms. The lowest BCUT2D eigenvalue weighted by atomic mass is 10.2. The van der Waals surface area contributed by atoms with E-state index >= 15 is 0 Å². The van der Waals surface area contributed by atoms with Crippen LogP contribution in [-0.2, 0) is 10.0 Å². The minimum Gasteiger partial charge on any atom is -0.324 e. The predicted molar refractivity (Wildman–Crippen MR) is 133 cm³/mol. The highest BCUT2D eigenvalue weighted by Crippen LogP contribution is 2.19. The lowest BCUT2D eigenvalue weighted by molar-refractivity contribution is 0.102. The smallest absolute Gasteiger partial charge is 0.264 e. The van der Waals surface area contributed by atoms with Crippen molar-refractivity contribution in [1.82, 2.24) is 19.9 Å². The summed E-state index contributed by atoms with van der Waals surface area (Å²) in [5.41, 5.74) is 3.98. The Labute approximate surface area is 203 Å². The van der Waals surface area contributed by atoms with Crippen LogP contribution in [0.3, 0.4) is 0 Å². The Kier molecular flexibility index (Phi) is 6.69. The molecule has 3 N–H and O–H groups in total. The number of carbonyl (C=O) groups excluding carboxylic acids is 1. The molecule has 0 aliphatic carbocycles. The molecular formula is C24H23N7O3S. The van der Waals surface area contributed by atoms with Gasteiger partial charge in [0, 0.05) is 40.2 Å². The molecule has 4 aromatic rings. The molecule has 0 atom stereocenters. The van der Waals surface area contributed by atoms with Gasteiger partial charge in [-0.2, -0.15) is 0 Å². The first-order chi connectivity index (χ1) is 16.7. The largest absolute Gasteiger partial charge is 0.324 e. The molecule has 0 unspecified atom stereocenters. The van der Waals surface area contributed by atoms with Crippen molar-refractivity contribution in [2.75, 3.05) is 15.4 Å². The van der Waals surface area contributed by atoms with Crippen molar-refractivity contribution < 1.29 is 13.2 Å². The Morgan fingerprint density at radius 2 is 1.34 bits per heavy atom. The van der Waals surface area contributed by atoms with Gasteiger partial charge >= 0.3 is 0 Å². The Hall–Kier alpha value is -4.38. The van der Waals surface area contributed by atoms with E-state index in [9.17, 15) is 13.2 Å². The van der Waals surface area contributed by atoms with Crippen LogP contribution in [0.1, 0.15) is 27.4 Å². The molecule has 35 heavy (non-hydrogen) atoms. The topological polar surface area (TPSA) is 139 Å². The lowest BCUT2D eigenvalue weighted by Crippen LogP contribution is -2.16. The summed E-state index contributed by atoms with van der Waals surface area (Å²) in [6.45, 7) is 5.52. The van der Waals surface area contributed by atoms with E-state index in [1.54, 1.807) is 37.3 Å². The summed E-state index contributed by atoms with van der Waals surface area (Å²) < 4.78 is 27.5. The van der Waals surface area contributed by atoms with Gasteiger partial charge in [0.25, 0.3) is 15.9 Å². The second kappa shape index (κ2) is 9.85. The number of hydrogen-bond donors (Lipinski definition) is 3. The molecule has 0 saturated heterocycles. The number of nitrogens with one attached hydrogen (secondary N) is 3. The molecule has 0 fully saturated rings. The normalized spacial score (nSPS) is 11.1. The SMILES string of the molecule is Cc1cc(C)nc(Nc2ccc(C(=O)Nc3ccc(S(=O)(=O)Nc4nccc(C)n4)cc3)cc2)n1. The number of amides is 1. The van der Waals surface area contributed by atoms with E-state index in [1.165, 1.54) is 30.5 Å². The average molecular weight is 490 g/mol. The van der Waals surface area contributed by atoms with Crippen molar-refractivity contribution >= 4 is 39.2 Å². The first kappa shape index (κ1) is 23.8. The van der Waals surface area contributed by atoms with Crippen LogP contribution in [-0.4, -0.2) is 34.3 Å². The molecule has 0 saturated carbocycles. The highest BCUT2D eigenvalue weighted by molar-refractivity contribution is 7.92. The van der Waals surface area contributed by atoms with Crippen LogP contribution in [0.2, 0.25) is 0 Å². The number of rotatable bonds is 7. The van der Waals surface area contributed by atoms with E-state index in [1.807, 2.05) is 19.9 Å². The molecule has 0 aliphatic heterocycles. The molecule has 2 aromatic heterocycles. The minimum absolute atomic E-state index is 0.00980. The van der Waals surface area contributed by atoms with E-state index in [0.29, 0.717) is 22.9 Å². The summed E-state index contributed by atoms with van der Waals surface area (Å²) in [5, 5.41) is 5.87. The zero-order valence-electron chi connectivity index (χ0n) is 19.3. The first-order valence-corrected chi connectivity index (χ1v) is 12.1. The van der Waals surface area contributed by atoms with Gasteiger partial charge in [-0.1, -0.05) is 0 Å². The molecular weight excluding hydrogens is 466 g/mol. The maximum atomic E-state index is 12.6. The van der Waals surface area contributed by atoms with Crippen LogP contribution in [0, 0.1) is 20.8 Å². The Balaban J connectivity index is 1.40. The molecule has 0 aliphatic rings. The zero-order chi connectivity index (χ0) is 25.0. The molecule has 0 radical (unpaired) electrons. The highest BCUT2D eigenvalue weighted by atomic mass is 32.2. The third-order valence-electron chi connectivity index (χ3n) is 4.83. The number of anilines is 4. The van der Waals surface area contributed by atoms with Crippen molar-refractivity contribution in [3.8, 4) is 0 Å². The van der Waals surface area contributed by atoms with Gasteiger partial charge in [0.2, 0.25) is 11.9 Å². The third kappa shape index (κ3) is 6.15. The van der Waals surface area contributed by atoms with Gasteiger partial charge in [-0.25, -0.2) is 33.1 Å². The monoisotopic (exact) mass is 489 g/mol. The summed E-state index contributed by atoms with van der Waals surface area (Å²) in [4.78, 5) is 29.3. The van der Waals surface area contributed by atoms with Gasteiger partial charge in [-0.15, -0.1) is 0 Å². The number of aromatic nitrogens is 4. The summed E-state index contributed by atoms with van der Waals surface area (Å²) in [7, 11) is -3.87. The van der Waals surface area contributed by atoms with Crippen molar-refractivity contribution in [3.05, 3.63) is 89.5 Å². The third-order valence-corrected chi connectivity index (χ3v) is 6.17. The van der Waals surface area contributed by atoms with Crippen LogP contribution in [0.5, 0.6) is 0 Å². The van der Waals surface area contributed by atoms with E-state index in [0.717, 1.165) is 17.1 Å². The van der Waals surface area contributed by atoms with Gasteiger partial charge < -0.3 is 10.6 Å². The van der Waals surface area contributed by atoms with E-state index in [2.05, 4.69) is 35.3 Å². The summed E-state index contributed by atoms with van der Waals surface area (Å²) in [6.07, 6.45) is 1.47. The number of hydrogen-bond acceptors (Lipinski definition) is 8. The number of sulfonamides is 1. The molecule has 0 bridgehead atoms. The quantitative estimate of drug-likeness (QED) is 0.354. The molecule has 4 rings (SSSR count). The van der Waals surface area contributed by atoms with Crippen LogP contribution < -0.4 is 15.4 Å². The predicted octanol–water partition coefficient (Wildman–Crippen LogP) is 3.99. The molecule has 2 heterocycles. The Morgan fingerprint density at radius 3 is 1.97 bits per heavy atom. The highest BCUT2D eigenvalue weighted by Gasteiger charge is 2.16. The molecule has 0 spiro atoms. The molecule has 1 amide bonds. The van der Waals surface area contributed by atoms with Gasteiger partial charge in [-0.05, 0) is 81.4 Å². The Bertz CT molecular complexity index is 1450. The molecule has 10 nitrogen and oxygen atoms in total. The van der Waals surface area contributed by atoms with E-state index in [-0.39, 0.29) is 16.8 Å². The van der Waals surface area contributed by atoms with E-state index in [4.69, 9.17) is 0 Å². The second-order valence-corrected chi connectivity index (χ2v) is 9.46. The van der Waals surface area contributed by atoms with Crippen molar-refractivity contribution in [2.24, 2.45) is 0 Å². The van der Waals surface area contributed by atoms with E-state index < -0.39 is 10.0 Å². The standard InChI is InChI=1S/C24H23N7O3S/c1-15-12-13-25-23(26-15)31-35(33,34)21-10-8-19(9-11-21)29-22(32)18-4-6-20(7-5-18)30-24-27-16(2)14-17(3)28-24/h4-14H,1-3H3,(H,29,32)(H,25,26,31)(H,27,28,30). The van der Waals surface area contributed by atoms with Crippen LogP contribution >= 0.6 is 0 Å². The average Bonchev–Trinajstić information content (AvgIpc) is 2.79. The van der Waals surface area contributed by atoms with Gasteiger partial charge in [-0.3, -0.25) is 4.79 Å². The Morgan fingerprint density at radius 1 is 0.743 bits per heavy atom. The second-order valence-electron chi connectivity index (χ2n) is 7.78. The van der Waals surface area contributed by atoms with Crippen LogP contribution in [0.15, 0.2) is 71.8 Å². The molecule has 2 aromatic carbocycles. The summed E-state index contributed by atoms with van der Waals surface area (Å²) in [6, 6.07) is 16.2. The lowest BCUT2D eigenvalue weighted by Gasteiger charge is -2.10. The summed E-state index contributed by atoms with van der Waals surface area (Å²) in [5.74, 6) is 0.142. The maximum Gasteiger partial charge on any atom is 0.264 e. The first-order valence-electron chi connectivity index (χ1n) is 10.6. The van der Waals surface area contributed by atoms with Crippen LogP contribution in [0.25, 0.3) is 0 Å². The van der Waals surface area contributed by atoms with Gasteiger partial charge in [0.05, 0.1) is 4.90 Å². The van der Waals surface area contributed by atoms with Gasteiger partial charge in [0.15, 0.2) is 0 Å². The van der Waals surface area contributed by atoms with Crippen molar-refractivity contribution in [3.63, 3.8) is 0 Å². The fourth-order valence-electron chi connectivity index (χ4n) is 3.21. The minimum atomic E-state index is -3.87. The van der Waals surface area contributed by atoms with Crippen molar-refractivity contribution in [1.29, 1.82) is 0 Å². The molecule has 178 valence electrons. The fraction of sp³-hybridized carbons (Fsp3) is 0.125. The van der Waals surface area contributed by atoms with Crippen molar-refractivity contribution in [2.45, 2.75) is 25.7 Å². The van der Waals surface area contributed by atoms with Gasteiger partial charge in [0.1, 0.15) is 0 Å². The fourth-order valence-corrected chi connectivity index (χ4v) is 4.16. The maximum absolute atomic E-state index is 12.6. The number of benzene rings is 2. The van der Waals surface area contributed by atoms with Crippen LogP contribution in [0.4, 0.5) is 23.3 Å². The number of carbonyl (C=O) groups is 1. The number of nitrogens with zero attached hydrogens (tertiary/aromatic N) is 4. The number of aryl methyl sites for hydroxylation is 3. The summed E-state index contributed by atoms with van der Waals surface area (Å²) >= 11 is 0. The zero-order valence-corrected chi connectivity index (χ0v) is 20.1.